The molecule has 18 heavy (non-hydrogen) atoms. The molecule has 0 aromatic heterocycles. The summed E-state index contributed by atoms with van der Waals surface area (Å²) in [5.41, 5.74) is 13.4. The van der Waals surface area contributed by atoms with E-state index in [4.69, 9.17) is 11.5 Å². The lowest BCUT2D eigenvalue weighted by Crippen LogP contribution is -2.04. The van der Waals surface area contributed by atoms with Gasteiger partial charge in [0, 0.05) is 28.9 Å². The normalized spacial score (nSPS) is 10.2. The average molecular weight is 242 g/mol. The van der Waals surface area contributed by atoms with E-state index in [0.29, 0.717) is 22.5 Å². The van der Waals surface area contributed by atoms with Crippen LogP contribution >= 0.6 is 0 Å². The Hall–Kier alpha value is -2.49. The number of ketones is 1. The Morgan fingerprint density at radius 3 is 2.28 bits per heavy atom. The van der Waals surface area contributed by atoms with Crippen LogP contribution in [0.15, 0.2) is 42.5 Å². The predicted molar refractivity (Wildman–Crippen MR) is 71.4 cm³/mol. The molecule has 0 heterocycles. The SMILES string of the molecule is Nc1ccc(C(=O)Cc2cc(N)ccc2O)cc1. The van der Waals surface area contributed by atoms with Crippen molar-refractivity contribution in [3.63, 3.8) is 0 Å². The van der Waals surface area contributed by atoms with Gasteiger partial charge in [0.1, 0.15) is 5.75 Å². The Morgan fingerprint density at radius 2 is 1.61 bits per heavy atom. The van der Waals surface area contributed by atoms with Crippen molar-refractivity contribution in [3.8, 4) is 5.75 Å². The molecule has 0 atom stereocenters. The maximum absolute atomic E-state index is 12.0. The number of carbonyl (C=O) groups excluding carboxylic acids is 1. The molecule has 0 fully saturated rings. The van der Waals surface area contributed by atoms with Crippen LogP contribution in [-0.2, 0) is 6.42 Å². The number of phenols is 1. The minimum absolute atomic E-state index is 0.0768. The largest absolute Gasteiger partial charge is 0.508 e. The Kier molecular flexibility index (Phi) is 3.19. The first-order valence-electron chi connectivity index (χ1n) is 5.52. The fourth-order valence-electron chi connectivity index (χ4n) is 1.69. The van der Waals surface area contributed by atoms with E-state index in [9.17, 15) is 9.90 Å². The number of hydrogen-bond acceptors (Lipinski definition) is 4. The highest BCUT2D eigenvalue weighted by atomic mass is 16.3. The second kappa shape index (κ2) is 4.79. The van der Waals surface area contributed by atoms with Crippen molar-refractivity contribution in [2.75, 3.05) is 11.5 Å². The number of benzene rings is 2. The van der Waals surface area contributed by atoms with Crippen LogP contribution in [0.3, 0.4) is 0 Å². The molecule has 0 aliphatic heterocycles. The minimum atomic E-state index is -0.0871. The van der Waals surface area contributed by atoms with Gasteiger partial charge in [0.15, 0.2) is 5.78 Å². The van der Waals surface area contributed by atoms with Crippen LogP contribution in [0.2, 0.25) is 0 Å². The van der Waals surface area contributed by atoms with Gasteiger partial charge in [-0.2, -0.15) is 0 Å². The molecule has 92 valence electrons. The van der Waals surface area contributed by atoms with Gasteiger partial charge in [-0.05, 0) is 42.5 Å². The standard InChI is InChI=1S/C14H14N2O2/c15-11-3-1-9(2-4-11)14(18)8-10-7-12(16)5-6-13(10)17/h1-7,17H,8,15-16H2. The lowest BCUT2D eigenvalue weighted by atomic mass is 10.0. The molecule has 2 aromatic rings. The maximum atomic E-state index is 12.0. The molecule has 4 nitrogen and oxygen atoms in total. The average Bonchev–Trinajstić information content (AvgIpc) is 2.34. The van der Waals surface area contributed by atoms with Gasteiger partial charge >= 0.3 is 0 Å². The predicted octanol–water partition coefficient (Wildman–Crippen LogP) is 1.98. The molecule has 0 unspecified atom stereocenters. The molecule has 0 saturated heterocycles. The molecular formula is C14H14N2O2. The van der Waals surface area contributed by atoms with E-state index >= 15 is 0 Å². The van der Waals surface area contributed by atoms with E-state index in [0.717, 1.165) is 0 Å². The number of nitrogen functional groups attached to an aromatic ring is 2. The number of hydrogen-bond donors (Lipinski definition) is 3. The van der Waals surface area contributed by atoms with Crippen LogP contribution in [0.5, 0.6) is 5.75 Å². The third-order valence-electron chi connectivity index (χ3n) is 2.69. The zero-order valence-electron chi connectivity index (χ0n) is 9.76. The number of aromatic hydroxyl groups is 1. The van der Waals surface area contributed by atoms with Crippen LogP contribution in [0.1, 0.15) is 15.9 Å². The van der Waals surface area contributed by atoms with E-state index in [2.05, 4.69) is 0 Å². The highest BCUT2D eigenvalue weighted by Gasteiger charge is 2.10. The Bertz CT molecular complexity index is 577. The lowest BCUT2D eigenvalue weighted by Gasteiger charge is -2.05. The topological polar surface area (TPSA) is 89.3 Å². The molecule has 0 radical (unpaired) electrons. The van der Waals surface area contributed by atoms with Crippen LogP contribution in [0.25, 0.3) is 0 Å². The van der Waals surface area contributed by atoms with Gasteiger partial charge in [0.25, 0.3) is 0 Å². The summed E-state index contributed by atoms with van der Waals surface area (Å²) in [6.07, 6.45) is 0.112. The molecule has 0 amide bonds. The highest BCUT2D eigenvalue weighted by Crippen LogP contribution is 2.21. The quantitative estimate of drug-likeness (QED) is 0.436. The Morgan fingerprint density at radius 1 is 1.00 bits per heavy atom. The maximum Gasteiger partial charge on any atom is 0.167 e. The second-order valence-electron chi connectivity index (χ2n) is 4.11. The van der Waals surface area contributed by atoms with Crippen molar-refractivity contribution in [2.24, 2.45) is 0 Å². The van der Waals surface area contributed by atoms with Crippen LogP contribution < -0.4 is 11.5 Å². The number of rotatable bonds is 3. The fraction of sp³-hybridized carbons (Fsp3) is 0.0714. The van der Waals surface area contributed by atoms with E-state index in [1.165, 1.54) is 6.07 Å². The van der Waals surface area contributed by atoms with Crippen molar-refractivity contribution in [3.05, 3.63) is 53.6 Å². The second-order valence-corrected chi connectivity index (χ2v) is 4.11. The first-order chi connectivity index (χ1) is 8.56. The number of phenolic OH excluding ortho intramolecular Hbond substituents is 1. The molecule has 0 spiro atoms. The highest BCUT2D eigenvalue weighted by molar-refractivity contribution is 5.98. The number of carbonyl (C=O) groups is 1. The van der Waals surface area contributed by atoms with Gasteiger partial charge in [-0.1, -0.05) is 0 Å². The number of Topliss-reactive ketones (excluding diaryl/α,β-unsaturated/α-hetero) is 1. The van der Waals surface area contributed by atoms with E-state index in [1.54, 1.807) is 36.4 Å². The first-order valence-corrected chi connectivity index (χ1v) is 5.52. The summed E-state index contributed by atoms with van der Waals surface area (Å²) in [5, 5.41) is 9.65. The summed E-state index contributed by atoms with van der Waals surface area (Å²) in [7, 11) is 0. The molecule has 4 heteroatoms. The van der Waals surface area contributed by atoms with Crippen molar-refractivity contribution < 1.29 is 9.90 Å². The van der Waals surface area contributed by atoms with E-state index in [-0.39, 0.29) is 18.0 Å². The summed E-state index contributed by atoms with van der Waals surface area (Å²) in [4.78, 5) is 12.0. The summed E-state index contributed by atoms with van der Waals surface area (Å²) in [6, 6.07) is 11.4. The molecule has 0 saturated carbocycles. The Labute approximate surface area is 105 Å². The summed E-state index contributed by atoms with van der Waals surface area (Å²) in [5.74, 6) is -0.0103. The van der Waals surface area contributed by atoms with Gasteiger partial charge in [0.05, 0.1) is 0 Å². The number of anilines is 2. The van der Waals surface area contributed by atoms with Crippen molar-refractivity contribution in [1.29, 1.82) is 0 Å². The lowest BCUT2D eigenvalue weighted by molar-refractivity contribution is 0.0992. The Balaban J connectivity index is 2.21. The van der Waals surface area contributed by atoms with Crippen molar-refractivity contribution in [1.82, 2.24) is 0 Å². The molecule has 0 bridgehead atoms. The van der Waals surface area contributed by atoms with E-state index < -0.39 is 0 Å². The third kappa shape index (κ3) is 2.60. The van der Waals surface area contributed by atoms with Gasteiger partial charge in [-0.3, -0.25) is 4.79 Å². The third-order valence-corrected chi connectivity index (χ3v) is 2.69. The van der Waals surface area contributed by atoms with Gasteiger partial charge in [-0.15, -0.1) is 0 Å². The van der Waals surface area contributed by atoms with Crippen molar-refractivity contribution >= 4 is 17.2 Å². The zero-order valence-corrected chi connectivity index (χ0v) is 9.76. The molecule has 0 aliphatic rings. The molecule has 2 aromatic carbocycles. The zero-order chi connectivity index (χ0) is 13.1. The van der Waals surface area contributed by atoms with Gasteiger partial charge < -0.3 is 16.6 Å². The fourth-order valence-corrected chi connectivity index (χ4v) is 1.69. The first kappa shape index (κ1) is 12.0. The monoisotopic (exact) mass is 242 g/mol. The van der Waals surface area contributed by atoms with Crippen LogP contribution in [0.4, 0.5) is 11.4 Å². The summed E-state index contributed by atoms with van der Waals surface area (Å²) < 4.78 is 0. The number of nitrogens with two attached hydrogens (primary N) is 2. The summed E-state index contributed by atoms with van der Waals surface area (Å²) >= 11 is 0. The smallest absolute Gasteiger partial charge is 0.167 e. The molecule has 5 N–H and O–H groups in total. The molecule has 2 rings (SSSR count). The van der Waals surface area contributed by atoms with Gasteiger partial charge in [0.2, 0.25) is 0 Å². The molecule has 0 aliphatic carbocycles. The van der Waals surface area contributed by atoms with Crippen LogP contribution in [0, 0.1) is 0 Å². The van der Waals surface area contributed by atoms with Crippen LogP contribution in [-0.4, -0.2) is 10.9 Å². The van der Waals surface area contributed by atoms with E-state index in [1.807, 2.05) is 0 Å². The van der Waals surface area contributed by atoms with Crippen molar-refractivity contribution in [2.45, 2.75) is 6.42 Å². The summed E-state index contributed by atoms with van der Waals surface area (Å²) in [6.45, 7) is 0. The molecular weight excluding hydrogens is 228 g/mol. The minimum Gasteiger partial charge on any atom is -0.508 e. The van der Waals surface area contributed by atoms with Gasteiger partial charge in [-0.25, -0.2) is 0 Å².